The van der Waals surface area contributed by atoms with E-state index in [4.69, 9.17) is 0 Å². The molecule has 1 aliphatic heterocycles. The third kappa shape index (κ3) is 5.07. The Morgan fingerprint density at radius 1 is 1.29 bits per heavy atom. The number of piperidine rings is 1. The molecule has 0 N–H and O–H groups in total. The Labute approximate surface area is 107 Å². The van der Waals surface area contributed by atoms with E-state index >= 15 is 0 Å². The van der Waals surface area contributed by atoms with Crippen molar-refractivity contribution in [3.63, 3.8) is 0 Å². The molecule has 1 amide bonds. The normalized spacial score (nSPS) is 17.1. The molecule has 1 saturated heterocycles. The highest BCUT2D eigenvalue weighted by Gasteiger charge is 2.25. The van der Waals surface area contributed by atoms with Gasteiger partial charge >= 0.3 is 0 Å². The molecule has 102 valence electrons. The van der Waals surface area contributed by atoms with Crippen LogP contribution in [0.5, 0.6) is 0 Å². The van der Waals surface area contributed by atoms with Gasteiger partial charge in [-0.1, -0.05) is 34.6 Å². The molecule has 1 fully saturated rings. The van der Waals surface area contributed by atoms with Crippen LogP contribution in [0.15, 0.2) is 0 Å². The zero-order valence-corrected chi connectivity index (χ0v) is 12.5. The molecular formula is C14H30N2O. The van der Waals surface area contributed by atoms with Crippen LogP contribution in [0.1, 0.15) is 47.5 Å². The zero-order valence-electron chi connectivity index (χ0n) is 12.5. The number of nitrogens with zero attached hydrogens (tertiary/aromatic N) is 2. The second kappa shape index (κ2) is 8.51. The Balaban J connectivity index is 0.00000121. The van der Waals surface area contributed by atoms with Crippen LogP contribution >= 0.6 is 0 Å². The van der Waals surface area contributed by atoms with Crippen molar-refractivity contribution in [2.75, 3.05) is 26.7 Å². The van der Waals surface area contributed by atoms with Crippen LogP contribution in [0.3, 0.4) is 0 Å². The predicted molar refractivity (Wildman–Crippen MR) is 74.1 cm³/mol. The highest BCUT2D eigenvalue weighted by molar-refractivity contribution is 5.78. The SMILES string of the molecule is CC.CCN(C)C1CCN(C(=O)C(C)C)CC1. The van der Waals surface area contributed by atoms with Gasteiger partial charge in [-0.2, -0.15) is 0 Å². The molecule has 0 radical (unpaired) electrons. The van der Waals surface area contributed by atoms with E-state index in [2.05, 4.69) is 18.9 Å². The largest absolute Gasteiger partial charge is 0.342 e. The number of carbonyl (C=O) groups is 1. The van der Waals surface area contributed by atoms with Gasteiger partial charge in [0.15, 0.2) is 0 Å². The minimum absolute atomic E-state index is 0.144. The van der Waals surface area contributed by atoms with Crippen molar-refractivity contribution in [1.29, 1.82) is 0 Å². The van der Waals surface area contributed by atoms with E-state index < -0.39 is 0 Å². The molecule has 0 aromatic rings. The van der Waals surface area contributed by atoms with Crippen molar-refractivity contribution in [3.8, 4) is 0 Å². The van der Waals surface area contributed by atoms with Crippen molar-refractivity contribution in [2.24, 2.45) is 5.92 Å². The first-order valence-electron chi connectivity index (χ1n) is 7.05. The van der Waals surface area contributed by atoms with E-state index in [0.29, 0.717) is 11.9 Å². The minimum atomic E-state index is 0.144. The summed E-state index contributed by atoms with van der Waals surface area (Å²) in [5.74, 6) is 0.457. The fraction of sp³-hybridized carbons (Fsp3) is 0.929. The minimum Gasteiger partial charge on any atom is -0.342 e. The molecule has 3 nitrogen and oxygen atoms in total. The summed E-state index contributed by atoms with van der Waals surface area (Å²) in [5, 5.41) is 0. The summed E-state index contributed by atoms with van der Waals surface area (Å²) < 4.78 is 0. The molecular weight excluding hydrogens is 212 g/mol. The Kier molecular flexibility index (Phi) is 8.23. The Hall–Kier alpha value is -0.570. The smallest absolute Gasteiger partial charge is 0.225 e. The highest BCUT2D eigenvalue weighted by Crippen LogP contribution is 2.16. The van der Waals surface area contributed by atoms with Crippen molar-refractivity contribution in [1.82, 2.24) is 9.80 Å². The molecule has 0 atom stereocenters. The molecule has 0 aromatic carbocycles. The zero-order chi connectivity index (χ0) is 13.4. The number of amides is 1. The maximum absolute atomic E-state index is 11.8. The Morgan fingerprint density at radius 2 is 1.76 bits per heavy atom. The first-order valence-corrected chi connectivity index (χ1v) is 7.05. The average molecular weight is 242 g/mol. The topological polar surface area (TPSA) is 23.6 Å². The van der Waals surface area contributed by atoms with Gasteiger partial charge in [-0.15, -0.1) is 0 Å². The van der Waals surface area contributed by atoms with E-state index in [9.17, 15) is 4.79 Å². The molecule has 0 unspecified atom stereocenters. The van der Waals surface area contributed by atoms with Gasteiger partial charge in [0.25, 0.3) is 0 Å². The summed E-state index contributed by atoms with van der Waals surface area (Å²) in [6.45, 7) is 13.1. The van der Waals surface area contributed by atoms with Gasteiger partial charge in [-0.05, 0) is 26.4 Å². The highest BCUT2D eigenvalue weighted by atomic mass is 16.2. The first kappa shape index (κ1) is 16.4. The maximum atomic E-state index is 11.8. The molecule has 3 heteroatoms. The molecule has 0 saturated carbocycles. The molecule has 0 spiro atoms. The fourth-order valence-corrected chi connectivity index (χ4v) is 2.15. The van der Waals surface area contributed by atoms with Crippen LogP contribution in [0.25, 0.3) is 0 Å². The number of hydrogen-bond acceptors (Lipinski definition) is 2. The molecule has 1 heterocycles. The van der Waals surface area contributed by atoms with E-state index in [0.717, 1.165) is 32.5 Å². The van der Waals surface area contributed by atoms with Crippen molar-refractivity contribution < 1.29 is 4.79 Å². The Bertz CT molecular complexity index is 208. The van der Waals surface area contributed by atoms with Crippen LogP contribution < -0.4 is 0 Å². The number of carbonyl (C=O) groups excluding carboxylic acids is 1. The second-order valence-electron chi connectivity index (χ2n) is 4.78. The standard InChI is InChI=1S/C12H24N2O.C2H6/c1-5-13(4)11-6-8-14(9-7-11)12(15)10(2)3;1-2/h10-11H,5-9H2,1-4H3;1-2H3. The lowest BCUT2D eigenvalue weighted by atomic mass is 10.0. The summed E-state index contributed by atoms with van der Waals surface area (Å²) in [4.78, 5) is 16.2. The molecule has 0 aromatic heterocycles. The first-order chi connectivity index (χ1) is 8.06. The van der Waals surface area contributed by atoms with Crippen LogP contribution in [-0.2, 0) is 4.79 Å². The van der Waals surface area contributed by atoms with E-state index in [-0.39, 0.29) is 5.92 Å². The third-order valence-corrected chi connectivity index (χ3v) is 3.39. The van der Waals surface area contributed by atoms with Crippen LogP contribution in [-0.4, -0.2) is 48.4 Å². The number of rotatable bonds is 3. The fourth-order valence-electron chi connectivity index (χ4n) is 2.15. The van der Waals surface area contributed by atoms with Gasteiger partial charge in [0, 0.05) is 25.0 Å². The lowest BCUT2D eigenvalue weighted by molar-refractivity contribution is -0.135. The van der Waals surface area contributed by atoms with Crippen molar-refractivity contribution in [3.05, 3.63) is 0 Å². The molecule has 0 bridgehead atoms. The maximum Gasteiger partial charge on any atom is 0.225 e. The van der Waals surface area contributed by atoms with Crippen molar-refractivity contribution in [2.45, 2.75) is 53.5 Å². The molecule has 0 aliphatic carbocycles. The van der Waals surface area contributed by atoms with Crippen LogP contribution in [0, 0.1) is 5.92 Å². The third-order valence-electron chi connectivity index (χ3n) is 3.39. The van der Waals surface area contributed by atoms with Gasteiger partial charge < -0.3 is 9.80 Å². The quantitative estimate of drug-likeness (QED) is 0.759. The van der Waals surface area contributed by atoms with Gasteiger partial charge in [-0.3, -0.25) is 4.79 Å². The Morgan fingerprint density at radius 3 is 2.12 bits per heavy atom. The lowest BCUT2D eigenvalue weighted by Gasteiger charge is -2.37. The van der Waals surface area contributed by atoms with Crippen molar-refractivity contribution >= 4 is 5.91 Å². The predicted octanol–water partition coefficient (Wildman–Crippen LogP) is 2.61. The molecule has 17 heavy (non-hydrogen) atoms. The summed E-state index contributed by atoms with van der Waals surface area (Å²) in [7, 11) is 2.17. The van der Waals surface area contributed by atoms with E-state index in [1.54, 1.807) is 0 Å². The summed E-state index contributed by atoms with van der Waals surface area (Å²) in [6.07, 6.45) is 2.26. The van der Waals surface area contributed by atoms with Gasteiger partial charge in [0.2, 0.25) is 5.91 Å². The summed E-state index contributed by atoms with van der Waals surface area (Å²) in [6, 6.07) is 0.672. The van der Waals surface area contributed by atoms with Gasteiger partial charge in [-0.25, -0.2) is 0 Å². The lowest BCUT2D eigenvalue weighted by Crippen LogP contribution is -2.46. The summed E-state index contributed by atoms with van der Waals surface area (Å²) in [5.41, 5.74) is 0. The molecule has 1 rings (SSSR count). The van der Waals surface area contributed by atoms with E-state index in [1.807, 2.05) is 32.6 Å². The van der Waals surface area contributed by atoms with Crippen LogP contribution in [0.2, 0.25) is 0 Å². The van der Waals surface area contributed by atoms with Gasteiger partial charge in [0.05, 0.1) is 0 Å². The molecule has 1 aliphatic rings. The van der Waals surface area contributed by atoms with Gasteiger partial charge in [0.1, 0.15) is 0 Å². The number of likely N-dealkylation sites (tertiary alicyclic amines) is 1. The second-order valence-corrected chi connectivity index (χ2v) is 4.78. The summed E-state index contributed by atoms with van der Waals surface area (Å²) >= 11 is 0. The number of hydrogen-bond donors (Lipinski definition) is 0. The van der Waals surface area contributed by atoms with E-state index in [1.165, 1.54) is 0 Å². The average Bonchev–Trinajstić information content (AvgIpc) is 2.39. The van der Waals surface area contributed by atoms with Crippen LogP contribution in [0.4, 0.5) is 0 Å². The monoisotopic (exact) mass is 242 g/mol.